The molecule has 4 nitrogen and oxygen atoms in total. The molecular weight excluding hydrogens is 263 g/mol. The number of nitrogens with one attached hydrogen (secondary N) is 1. The molecule has 3 N–H and O–H groups in total. The van der Waals surface area contributed by atoms with Crippen LogP contribution in [0.3, 0.4) is 0 Å². The summed E-state index contributed by atoms with van der Waals surface area (Å²) in [7, 11) is 0. The van der Waals surface area contributed by atoms with Crippen molar-refractivity contribution < 1.29 is 28.2 Å². The van der Waals surface area contributed by atoms with Gasteiger partial charge in [0.25, 0.3) is 0 Å². The van der Waals surface area contributed by atoms with E-state index in [1.54, 1.807) is 6.92 Å². The number of phenolic OH excluding ortho intramolecular Hbond substituents is 1. The Kier molecular flexibility index (Phi) is 4.63. The van der Waals surface area contributed by atoms with Crippen molar-refractivity contribution in [1.29, 1.82) is 0 Å². The normalized spacial score (nSPS) is 13.1. The van der Waals surface area contributed by atoms with E-state index >= 15 is 0 Å². The van der Waals surface area contributed by atoms with Gasteiger partial charge in [-0.1, -0.05) is 6.07 Å². The zero-order valence-electron chi connectivity index (χ0n) is 10.2. The largest absolute Gasteiger partial charge is 0.507 e. The van der Waals surface area contributed by atoms with Gasteiger partial charge in [-0.2, -0.15) is 13.2 Å². The van der Waals surface area contributed by atoms with Crippen LogP contribution in [-0.2, 0) is 12.6 Å². The summed E-state index contributed by atoms with van der Waals surface area (Å²) in [5.74, 6) is -0.816. The lowest BCUT2D eigenvalue weighted by Crippen LogP contribution is -2.31. The molecule has 1 amide bonds. The fourth-order valence-electron chi connectivity index (χ4n) is 1.64. The molecule has 106 valence electrons. The molecule has 1 unspecified atom stereocenters. The van der Waals surface area contributed by atoms with Crippen molar-refractivity contribution in [3.05, 3.63) is 29.3 Å². The Morgan fingerprint density at radius 3 is 2.53 bits per heavy atom. The second kappa shape index (κ2) is 5.81. The minimum Gasteiger partial charge on any atom is -0.507 e. The molecule has 0 spiro atoms. The number of carboxylic acid groups (broad SMARTS) is 1. The average Bonchev–Trinajstić information content (AvgIpc) is 2.23. The summed E-state index contributed by atoms with van der Waals surface area (Å²) in [5.41, 5.74) is -0.558. The Balaban J connectivity index is 2.67. The molecule has 1 atom stereocenters. The van der Waals surface area contributed by atoms with Crippen molar-refractivity contribution in [2.24, 2.45) is 0 Å². The number of phenols is 1. The Bertz CT molecular complexity index is 460. The zero-order valence-corrected chi connectivity index (χ0v) is 10.2. The number of rotatable bonds is 4. The van der Waals surface area contributed by atoms with Crippen LogP contribution in [0.25, 0.3) is 0 Å². The molecule has 0 bridgehead atoms. The first-order valence-corrected chi connectivity index (χ1v) is 5.58. The molecule has 0 radical (unpaired) electrons. The van der Waals surface area contributed by atoms with Crippen molar-refractivity contribution in [1.82, 2.24) is 5.32 Å². The van der Waals surface area contributed by atoms with E-state index in [2.05, 4.69) is 5.32 Å². The Morgan fingerprint density at radius 1 is 1.42 bits per heavy atom. The first-order valence-electron chi connectivity index (χ1n) is 5.58. The quantitative estimate of drug-likeness (QED) is 0.792. The zero-order chi connectivity index (χ0) is 14.6. The van der Waals surface area contributed by atoms with Crippen molar-refractivity contribution in [2.75, 3.05) is 0 Å². The van der Waals surface area contributed by atoms with Crippen LogP contribution < -0.4 is 5.32 Å². The van der Waals surface area contributed by atoms with Gasteiger partial charge in [0.1, 0.15) is 5.75 Å². The Hall–Kier alpha value is -1.92. The van der Waals surface area contributed by atoms with Gasteiger partial charge in [-0.05, 0) is 37.5 Å². The van der Waals surface area contributed by atoms with Gasteiger partial charge >= 0.3 is 12.3 Å². The van der Waals surface area contributed by atoms with E-state index in [-0.39, 0.29) is 6.04 Å². The van der Waals surface area contributed by atoms with Gasteiger partial charge in [0, 0.05) is 6.04 Å². The monoisotopic (exact) mass is 277 g/mol. The SMILES string of the molecule is CC(CCc1ccc(C(F)(F)F)c(O)c1)NC(=O)O. The lowest BCUT2D eigenvalue weighted by Gasteiger charge is -2.13. The minimum atomic E-state index is -4.58. The van der Waals surface area contributed by atoms with Gasteiger partial charge in [0.05, 0.1) is 5.56 Å². The maximum absolute atomic E-state index is 12.4. The van der Waals surface area contributed by atoms with Crippen LogP contribution in [-0.4, -0.2) is 22.3 Å². The molecule has 7 heteroatoms. The standard InChI is InChI=1S/C12H14F3NO3/c1-7(16-11(18)19)2-3-8-4-5-9(10(17)6-8)12(13,14)15/h4-7,16-17H,2-3H2,1H3,(H,18,19). The Labute approximate surface area is 107 Å². The molecule has 1 rings (SSSR count). The number of aromatic hydroxyl groups is 1. The maximum atomic E-state index is 12.4. The number of amides is 1. The summed E-state index contributed by atoms with van der Waals surface area (Å²) in [6.07, 6.45) is -4.94. The summed E-state index contributed by atoms with van der Waals surface area (Å²) < 4.78 is 37.2. The molecule has 0 saturated heterocycles. The fraction of sp³-hybridized carbons (Fsp3) is 0.417. The number of alkyl halides is 3. The highest BCUT2D eigenvalue weighted by molar-refractivity contribution is 5.64. The predicted molar refractivity (Wildman–Crippen MR) is 62.1 cm³/mol. The van der Waals surface area contributed by atoms with Crippen molar-refractivity contribution in [2.45, 2.75) is 32.0 Å². The van der Waals surface area contributed by atoms with Crippen LogP contribution in [0.15, 0.2) is 18.2 Å². The minimum absolute atomic E-state index is 0.318. The van der Waals surface area contributed by atoms with Crippen LogP contribution in [0.4, 0.5) is 18.0 Å². The second-order valence-corrected chi connectivity index (χ2v) is 4.24. The summed E-state index contributed by atoms with van der Waals surface area (Å²) in [4.78, 5) is 10.4. The number of benzene rings is 1. The molecule has 0 saturated carbocycles. The molecule has 19 heavy (non-hydrogen) atoms. The third-order valence-corrected chi connectivity index (χ3v) is 2.60. The van der Waals surface area contributed by atoms with E-state index in [1.807, 2.05) is 0 Å². The maximum Gasteiger partial charge on any atom is 0.419 e. The molecule has 0 aliphatic rings. The lowest BCUT2D eigenvalue weighted by molar-refractivity contribution is -0.138. The lowest BCUT2D eigenvalue weighted by atomic mass is 10.0. The van der Waals surface area contributed by atoms with Gasteiger partial charge in [-0.25, -0.2) is 4.79 Å². The third-order valence-electron chi connectivity index (χ3n) is 2.60. The van der Waals surface area contributed by atoms with Crippen LogP contribution in [0.2, 0.25) is 0 Å². The van der Waals surface area contributed by atoms with E-state index < -0.39 is 23.6 Å². The third kappa shape index (κ3) is 4.69. The van der Waals surface area contributed by atoms with Gasteiger partial charge in [0.15, 0.2) is 0 Å². The summed E-state index contributed by atoms with van der Waals surface area (Å²) in [6, 6.07) is 2.83. The number of carbonyl (C=O) groups is 1. The average molecular weight is 277 g/mol. The van der Waals surface area contributed by atoms with Crippen LogP contribution in [0.1, 0.15) is 24.5 Å². The topological polar surface area (TPSA) is 69.6 Å². The van der Waals surface area contributed by atoms with Crippen LogP contribution in [0.5, 0.6) is 5.75 Å². The van der Waals surface area contributed by atoms with E-state index in [9.17, 15) is 23.1 Å². The van der Waals surface area contributed by atoms with Crippen molar-refractivity contribution >= 4 is 6.09 Å². The van der Waals surface area contributed by atoms with Gasteiger partial charge < -0.3 is 15.5 Å². The number of halogens is 3. The fourth-order valence-corrected chi connectivity index (χ4v) is 1.64. The highest BCUT2D eigenvalue weighted by Gasteiger charge is 2.33. The van der Waals surface area contributed by atoms with Crippen molar-refractivity contribution in [3.8, 4) is 5.75 Å². The smallest absolute Gasteiger partial charge is 0.419 e. The van der Waals surface area contributed by atoms with Crippen molar-refractivity contribution in [3.63, 3.8) is 0 Å². The predicted octanol–water partition coefficient (Wildman–Crippen LogP) is 3.00. The summed E-state index contributed by atoms with van der Waals surface area (Å²) in [6.45, 7) is 1.65. The molecule has 0 heterocycles. The number of aryl methyl sites for hydroxylation is 1. The summed E-state index contributed by atoms with van der Waals surface area (Å²) in [5, 5.41) is 20.0. The highest BCUT2D eigenvalue weighted by atomic mass is 19.4. The first-order chi connectivity index (χ1) is 8.70. The molecule has 0 fully saturated rings. The molecule has 1 aromatic rings. The molecular formula is C12H14F3NO3. The molecule has 0 aromatic heterocycles. The second-order valence-electron chi connectivity index (χ2n) is 4.24. The van der Waals surface area contributed by atoms with Gasteiger partial charge in [-0.15, -0.1) is 0 Å². The Morgan fingerprint density at radius 2 is 2.05 bits per heavy atom. The molecule has 0 aliphatic carbocycles. The van der Waals surface area contributed by atoms with Crippen LogP contribution in [0, 0.1) is 0 Å². The van der Waals surface area contributed by atoms with E-state index in [0.717, 1.165) is 12.1 Å². The van der Waals surface area contributed by atoms with E-state index in [4.69, 9.17) is 5.11 Å². The first kappa shape index (κ1) is 15.1. The van der Waals surface area contributed by atoms with Crippen LogP contribution >= 0.6 is 0 Å². The van der Waals surface area contributed by atoms with E-state index in [0.29, 0.717) is 18.4 Å². The molecule has 1 aromatic carbocycles. The van der Waals surface area contributed by atoms with Gasteiger partial charge in [0.2, 0.25) is 0 Å². The number of hydrogen-bond donors (Lipinski definition) is 3. The molecule has 0 aliphatic heterocycles. The highest BCUT2D eigenvalue weighted by Crippen LogP contribution is 2.36. The summed E-state index contributed by atoms with van der Waals surface area (Å²) >= 11 is 0. The number of hydrogen-bond acceptors (Lipinski definition) is 2. The van der Waals surface area contributed by atoms with E-state index in [1.165, 1.54) is 6.07 Å². The van der Waals surface area contributed by atoms with Gasteiger partial charge in [-0.3, -0.25) is 0 Å².